The van der Waals surface area contributed by atoms with Gasteiger partial charge in [0, 0.05) is 6.08 Å². The Morgan fingerprint density at radius 1 is 0.857 bits per heavy atom. The molecule has 0 saturated heterocycles. The molecule has 3 aromatic carbocycles. The smallest absolute Gasteiger partial charge is 0.335 e. The number of hydrogen-bond acceptors (Lipinski definition) is 2. The molecule has 0 heterocycles. The number of carbonyl (C=O) groups excluding carboxylic acids is 1. The summed E-state index contributed by atoms with van der Waals surface area (Å²) in [5.41, 5.74) is 2.35. The van der Waals surface area contributed by atoms with Crippen molar-refractivity contribution >= 4 is 16.7 Å². The standard InChI is InChI=1S/C19H14O2/c1-2-19(20)21-18-11-10-16-12-15(8-9-17(16)13-18)14-6-4-3-5-7-14/h2-13H,1H2. The largest absolute Gasteiger partial charge is 0.423 e. The van der Waals surface area contributed by atoms with Crippen LogP contribution in [0, 0.1) is 0 Å². The zero-order valence-corrected chi connectivity index (χ0v) is 11.5. The zero-order chi connectivity index (χ0) is 14.7. The van der Waals surface area contributed by atoms with Crippen molar-refractivity contribution in [3.8, 4) is 16.9 Å². The third-order valence-electron chi connectivity index (χ3n) is 3.30. The van der Waals surface area contributed by atoms with Gasteiger partial charge in [0.25, 0.3) is 0 Å². The zero-order valence-electron chi connectivity index (χ0n) is 11.5. The highest BCUT2D eigenvalue weighted by Gasteiger charge is 2.03. The first-order valence-electron chi connectivity index (χ1n) is 6.70. The SMILES string of the molecule is C=CC(=O)Oc1ccc2cc(-c3ccccc3)ccc2c1. The van der Waals surface area contributed by atoms with Gasteiger partial charge in [0.2, 0.25) is 0 Å². The molecule has 0 amide bonds. The van der Waals surface area contributed by atoms with Crippen LogP contribution in [0.1, 0.15) is 0 Å². The van der Waals surface area contributed by atoms with E-state index in [-0.39, 0.29) is 0 Å². The number of esters is 1. The summed E-state index contributed by atoms with van der Waals surface area (Å²) in [5, 5.41) is 2.14. The van der Waals surface area contributed by atoms with E-state index in [2.05, 4.69) is 30.8 Å². The number of ether oxygens (including phenoxy) is 1. The third kappa shape index (κ3) is 2.84. The van der Waals surface area contributed by atoms with Gasteiger partial charge in [-0.2, -0.15) is 0 Å². The maximum Gasteiger partial charge on any atom is 0.335 e. The van der Waals surface area contributed by atoms with Gasteiger partial charge in [0.15, 0.2) is 0 Å². The fraction of sp³-hybridized carbons (Fsp3) is 0. The van der Waals surface area contributed by atoms with Gasteiger partial charge in [-0.05, 0) is 40.1 Å². The highest BCUT2D eigenvalue weighted by molar-refractivity contribution is 5.89. The first-order chi connectivity index (χ1) is 10.3. The molecule has 0 aliphatic rings. The fourth-order valence-corrected chi connectivity index (χ4v) is 2.26. The summed E-state index contributed by atoms with van der Waals surface area (Å²) in [5.74, 6) is 0.0788. The van der Waals surface area contributed by atoms with E-state index < -0.39 is 5.97 Å². The van der Waals surface area contributed by atoms with Crippen LogP contribution in [0.15, 0.2) is 79.4 Å². The summed E-state index contributed by atoms with van der Waals surface area (Å²) < 4.78 is 5.13. The second-order valence-corrected chi connectivity index (χ2v) is 4.71. The average Bonchev–Trinajstić information content (AvgIpc) is 2.55. The quantitative estimate of drug-likeness (QED) is 0.396. The van der Waals surface area contributed by atoms with Crippen molar-refractivity contribution in [1.82, 2.24) is 0 Å². The van der Waals surface area contributed by atoms with E-state index in [1.165, 1.54) is 11.1 Å². The number of rotatable bonds is 3. The summed E-state index contributed by atoms with van der Waals surface area (Å²) in [6.45, 7) is 3.39. The first kappa shape index (κ1) is 13.1. The normalized spacial score (nSPS) is 10.3. The number of benzene rings is 3. The highest BCUT2D eigenvalue weighted by Crippen LogP contribution is 2.27. The Kier molecular flexibility index (Phi) is 3.52. The van der Waals surface area contributed by atoms with E-state index in [9.17, 15) is 4.79 Å². The Morgan fingerprint density at radius 2 is 1.57 bits per heavy atom. The van der Waals surface area contributed by atoms with Crippen LogP contribution in [0.2, 0.25) is 0 Å². The van der Waals surface area contributed by atoms with Crippen LogP contribution in [0.3, 0.4) is 0 Å². The van der Waals surface area contributed by atoms with E-state index in [0.29, 0.717) is 5.75 Å². The number of fused-ring (bicyclic) bond motifs is 1. The number of carbonyl (C=O) groups is 1. The predicted octanol–water partition coefficient (Wildman–Crippen LogP) is 4.60. The maximum absolute atomic E-state index is 11.2. The lowest BCUT2D eigenvalue weighted by Crippen LogP contribution is -2.02. The van der Waals surface area contributed by atoms with E-state index in [4.69, 9.17) is 4.74 Å². The molecule has 0 aliphatic carbocycles. The molecule has 0 bridgehead atoms. The Morgan fingerprint density at radius 3 is 2.33 bits per heavy atom. The van der Waals surface area contributed by atoms with Gasteiger partial charge in [-0.15, -0.1) is 0 Å². The average molecular weight is 274 g/mol. The van der Waals surface area contributed by atoms with Crippen LogP contribution in [-0.2, 0) is 4.79 Å². The van der Waals surface area contributed by atoms with Gasteiger partial charge in [-0.25, -0.2) is 4.79 Å². The van der Waals surface area contributed by atoms with Crippen molar-refractivity contribution in [1.29, 1.82) is 0 Å². The van der Waals surface area contributed by atoms with Crippen molar-refractivity contribution in [2.24, 2.45) is 0 Å². The molecule has 0 unspecified atom stereocenters. The van der Waals surface area contributed by atoms with E-state index in [0.717, 1.165) is 16.8 Å². The van der Waals surface area contributed by atoms with E-state index in [1.54, 1.807) is 6.07 Å². The molecule has 102 valence electrons. The molecule has 0 atom stereocenters. The van der Waals surface area contributed by atoms with Crippen molar-refractivity contribution in [2.75, 3.05) is 0 Å². The lowest BCUT2D eigenvalue weighted by Gasteiger charge is -2.06. The Hall–Kier alpha value is -2.87. The number of hydrogen-bond donors (Lipinski definition) is 0. The molecule has 2 heteroatoms. The predicted molar refractivity (Wildman–Crippen MR) is 85.2 cm³/mol. The highest BCUT2D eigenvalue weighted by atomic mass is 16.5. The topological polar surface area (TPSA) is 26.3 Å². The second-order valence-electron chi connectivity index (χ2n) is 4.71. The summed E-state index contributed by atoms with van der Waals surface area (Å²) in [4.78, 5) is 11.2. The van der Waals surface area contributed by atoms with Crippen molar-refractivity contribution in [2.45, 2.75) is 0 Å². The molecular weight excluding hydrogens is 260 g/mol. The Labute approximate surface area is 123 Å². The lowest BCUT2D eigenvalue weighted by molar-refractivity contribution is -0.128. The minimum Gasteiger partial charge on any atom is -0.423 e. The monoisotopic (exact) mass is 274 g/mol. The van der Waals surface area contributed by atoms with Gasteiger partial charge in [-0.3, -0.25) is 0 Å². The van der Waals surface area contributed by atoms with Crippen LogP contribution in [-0.4, -0.2) is 5.97 Å². The minimum atomic E-state index is -0.449. The molecule has 2 nitrogen and oxygen atoms in total. The van der Waals surface area contributed by atoms with Gasteiger partial charge in [-0.1, -0.05) is 55.1 Å². The van der Waals surface area contributed by atoms with Crippen LogP contribution < -0.4 is 4.74 Å². The molecule has 21 heavy (non-hydrogen) atoms. The lowest BCUT2D eigenvalue weighted by atomic mass is 10.0. The molecule has 0 aromatic heterocycles. The molecule has 0 N–H and O–H groups in total. The Bertz CT molecular complexity index is 804. The van der Waals surface area contributed by atoms with E-state index >= 15 is 0 Å². The molecule has 3 aromatic rings. The second kappa shape index (κ2) is 5.63. The fourth-order valence-electron chi connectivity index (χ4n) is 2.26. The van der Waals surface area contributed by atoms with Crippen LogP contribution in [0.4, 0.5) is 0 Å². The first-order valence-corrected chi connectivity index (χ1v) is 6.70. The molecule has 0 radical (unpaired) electrons. The van der Waals surface area contributed by atoms with Crippen LogP contribution in [0.25, 0.3) is 21.9 Å². The summed E-state index contributed by atoms with van der Waals surface area (Å²) >= 11 is 0. The van der Waals surface area contributed by atoms with Gasteiger partial charge in [0.1, 0.15) is 5.75 Å². The van der Waals surface area contributed by atoms with Crippen molar-refractivity contribution in [3.63, 3.8) is 0 Å². The summed E-state index contributed by atoms with van der Waals surface area (Å²) in [7, 11) is 0. The van der Waals surface area contributed by atoms with Crippen LogP contribution >= 0.6 is 0 Å². The van der Waals surface area contributed by atoms with Gasteiger partial charge < -0.3 is 4.74 Å². The molecule has 0 aliphatic heterocycles. The summed E-state index contributed by atoms with van der Waals surface area (Å²) in [6.07, 6.45) is 1.16. The minimum absolute atomic E-state index is 0.449. The third-order valence-corrected chi connectivity index (χ3v) is 3.30. The van der Waals surface area contributed by atoms with Crippen LogP contribution in [0.5, 0.6) is 5.75 Å². The molecule has 0 spiro atoms. The Balaban J connectivity index is 1.98. The molecular formula is C19H14O2. The van der Waals surface area contributed by atoms with Gasteiger partial charge in [0.05, 0.1) is 0 Å². The van der Waals surface area contributed by atoms with Crippen molar-refractivity contribution in [3.05, 3.63) is 79.4 Å². The molecule has 0 saturated carbocycles. The molecule has 0 fully saturated rings. The maximum atomic E-state index is 11.2. The van der Waals surface area contributed by atoms with E-state index in [1.807, 2.05) is 36.4 Å². The van der Waals surface area contributed by atoms with Gasteiger partial charge >= 0.3 is 5.97 Å². The summed E-state index contributed by atoms with van der Waals surface area (Å²) in [6, 6.07) is 22.0. The van der Waals surface area contributed by atoms with Crippen molar-refractivity contribution < 1.29 is 9.53 Å². The molecule has 3 rings (SSSR count).